The number of benzene rings is 2. The number of carbonyl (C=O) groups is 2. The first-order valence-electron chi connectivity index (χ1n) is 9.38. The van der Waals surface area contributed by atoms with Crippen molar-refractivity contribution >= 4 is 39.1 Å². The molecule has 1 aliphatic heterocycles. The van der Waals surface area contributed by atoms with Gasteiger partial charge in [0.05, 0.1) is 12.8 Å². The molecule has 0 spiro atoms. The third kappa shape index (κ3) is 4.66. The van der Waals surface area contributed by atoms with E-state index in [0.29, 0.717) is 10.7 Å². The molecule has 0 aliphatic carbocycles. The SMILES string of the molecule is Cc1ccc(CNC(=O)[C@]2(C)CN(S(C)(=O)=O)CC(=O)N2c2ccc(Cl)cc2)cc1. The Hall–Kier alpha value is -2.42. The van der Waals surface area contributed by atoms with Crippen LogP contribution in [0.5, 0.6) is 0 Å². The van der Waals surface area contributed by atoms with Gasteiger partial charge in [0.15, 0.2) is 0 Å². The average Bonchev–Trinajstić information content (AvgIpc) is 2.67. The summed E-state index contributed by atoms with van der Waals surface area (Å²) in [4.78, 5) is 27.6. The summed E-state index contributed by atoms with van der Waals surface area (Å²) in [6.45, 7) is 3.32. The lowest BCUT2D eigenvalue weighted by Gasteiger charge is -2.46. The minimum atomic E-state index is -3.66. The third-order valence-electron chi connectivity index (χ3n) is 5.16. The fourth-order valence-corrected chi connectivity index (χ4v) is 4.43. The van der Waals surface area contributed by atoms with Crippen LogP contribution in [-0.4, -0.2) is 49.4 Å². The van der Waals surface area contributed by atoms with Gasteiger partial charge in [-0.3, -0.25) is 14.5 Å². The normalized spacial score (nSPS) is 20.3. The number of rotatable bonds is 5. The topological polar surface area (TPSA) is 86.8 Å². The van der Waals surface area contributed by atoms with Crippen molar-refractivity contribution in [1.82, 2.24) is 9.62 Å². The molecule has 1 saturated heterocycles. The zero-order valence-electron chi connectivity index (χ0n) is 17.1. The number of anilines is 1. The second-order valence-corrected chi connectivity index (χ2v) is 10.1. The zero-order valence-corrected chi connectivity index (χ0v) is 18.6. The average molecular weight is 450 g/mol. The van der Waals surface area contributed by atoms with E-state index in [1.807, 2.05) is 31.2 Å². The van der Waals surface area contributed by atoms with Crippen molar-refractivity contribution in [1.29, 1.82) is 0 Å². The van der Waals surface area contributed by atoms with Crippen molar-refractivity contribution in [3.8, 4) is 0 Å². The third-order valence-corrected chi connectivity index (χ3v) is 6.60. The number of aryl methyl sites for hydroxylation is 1. The van der Waals surface area contributed by atoms with Gasteiger partial charge < -0.3 is 5.32 Å². The number of hydrogen-bond donors (Lipinski definition) is 1. The molecule has 0 saturated carbocycles. The fraction of sp³-hybridized carbons (Fsp3) is 0.333. The lowest BCUT2D eigenvalue weighted by molar-refractivity contribution is -0.133. The predicted octanol–water partition coefficient (Wildman–Crippen LogP) is 2.33. The molecule has 9 heteroatoms. The van der Waals surface area contributed by atoms with Gasteiger partial charge in [-0.05, 0) is 43.7 Å². The number of nitrogens with zero attached hydrogens (tertiary/aromatic N) is 2. The first-order valence-corrected chi connectivity index (χ1v) is 11.6. The molecule has 160 valence electrons. The van der Waals surface area contributed by atoms with Gasteiger partial charge in [0.25, 0.3) is 0 Å². The molecule has 2 amide bonds. The van der Waals surface area contributed by atoms with E-state index in [2.05, 4.69) is 5.32 Å². The summed E-state index contributed by atoms with van der Waals surface area (Å²) in [5.41, 5.74) is 1.05. The highest BCUT2D eigenvalue weighted by atomic mass is 35.5. The van der Waals surface area contributed by atoms with Gasteiger partial charge >= 0.3 is 0 Å². The smallest absolute Gasteiger partial charge is 0.247 e. The summed E-state index contributed by atoms with van der Waals surface area (Å²) in [6, 6.07) is 14.2. The molecule has 0 bridgehead atoms. The number of sulfonamides is 1. The maximum atomic E-state index is 13.3. The molecule has 1 fully saturated rings. The summed E-state index contributed by atoms with van der Waals surface area (Å²) in [6.07, 6.45) is 1.03. The zero-order chi connectivity index (χ0) is 22.1. The van der Waals surface area contributed by atoms with Crippen LogP contribution in [0.4, 0.5) is 5.69 Å². The second kappa shape index (κ2) is 8.37. The van der Waals surface area contributed by atoms with Crippen molar-refractivity contribution in [2.24, 2.45) is 0 Å². The maximum absolute atomic E-state index is 13.3. The van der Waals surface area contributed by atoms with E-state index in [9.17, 15) is 18.0 Å². The van der Waals surface area contributed by atoms with E-state index in [0.717, 1.165) is 21.7 Å². The van der Waals surface area contributed by atoms with E-state index >= 15 is 0 Å². The molecular formula is C21H24ClN3O4S. The molecule has 3 rings (SSSR count). The van der Waals surface area contributed by atoms with Crippen molar-refractivity contribution in [2.75, 3.05) is 24.2 Å². The number of halogens is 1. The molecule has 1 heterocycles. The van der Waals surface area contributed by atoms with Crippen molar-refractivity contribution in [2.45, 2.75) is 25.9 Å². The van der Waals surface area contributed by atoms with Crippen LogP contribution in [0.15, 0.2) is 48.5 Å². The van der Waals surface area contributed by atoms with Gasteiger partial charge in [-0.2, -0.15) is 4.31 Å². The van der Waals surface area contributed by atoms with E-state index < -0.39 is 27.4 Å². The Morgan fingerprint density at radius 3 is 2.30 bits per heavy atom. The van der Waals surface area contributed by atoms with Gasteiger partial charge in [-0.25, -0.2) is 8.42 Å². The molecule has 1 atom stereocenters. The molecule has 2 aromatic carbocycles. The standard InChI is InChI=1S/C21H24ClN3O4S/c1-15-4-6-16(7-5-15)12-23-20(27)21(2)14-24(30(3,28)29)13-19(26)25(21)18-10-8-17(22)9-11-18/h4-11H,12-14H2,1-3H3,(H,23,27)/t21-/m0/s1. The monoisotopic (exact) mass is 449 g/mol. The van der Waals surface area contributed by atoms with Gasteiger partial charge in [0.1, 0.15) is 5.54 Å². The summed E-state index contributed by atoms with van der Waals surface area (Å²) >= 11 is 5.96. The summed E-state index contributed by atoms with van der Waals surface area (Å²) in [7, 11) is -3.66. The fourth-order valence-electron chi connectivity index (χ4n) is 3.47. The molecule has 2 aromatic rings. The number of hydrogen-bond acceptors (Lipinski definition) is 4. The highest BCUT2D eigenvalue weighted by molar-refractivity contribution is 7.88. The summed E-state index contributed by atoms with van der Waals surface area (Å²) in [5.74, 6) is -0.929. The number of carbonyl (C=O) groups excluding carboxylic acids is 2. The van der Waals surface area contributed by atoms with Gasteiger partial charge in [-0.1, -0.05) is 41.4 Å². The maximum Gasteiger partial charge on any atom is 0.247 e. The number of nitrogens with one attached hydrogen (secondary N) is 1. The lowest BCUT2D eigenvalue weighted by Crippen LogP contribution is -2.70. The highest BCUT2D eigenvalue weighted by Crippen LogP contribution is 2.31. The van der Waals surface area contributed by atoms with Crippen LogP contribution in [0.25, 0.3) is 0 Å². The number of amides is 2. The summed E-state index contributed by atoms with van der Waals surface area (Å²) < 4.78 is 25.3. The Balaban J connectivity index is 1.93. The summed E-state index contributed by atoms with van der Waals surface area (Å²) in [5, 5.41) is 3.34. The van der Waals surface area contributed by atoms with Crippen molar-refractivity contribution in [3.05, 3.63) is 64.7 Å². The quantitative estimate of drug-likeness (QED) is 0.759. The minimum absolute atomic E-state index is 0.153. The highest BCUT2D eigenvalue weighted by Gasteiger charge is 2.50. The molecule has 7 nitrogen and oxygen atoms in total. The van der Waals surface area contributed by atoms with Gasteiger partial charge in [0, 0.05) is 23.8 Å². The van der Waals surface area contributed by atoms with Gasteiger partial charge in [-0.15, -0.1) is 0 Å². The Morgan fingerprint density at radius 2 is 1.73 bits per heavy atom. The molecule has 0 unspecified atom stereocenters. The minimum Gasteiger partial charge on any atom is -0.350 e. The molecule has 1 N–H and O–H groups in total. The molecule has 1 aliphatic rings. The molecule has 30 heavy (non-hydrogen) atoms. The van der Waals surface area contributed by atoms with Crippen LogP contribution in [-0.2, 0) is 26.2 Å². The van der Waals surface area contributed by atoms with Gasteiger partial charge in [0.2, 0.25) is 21.8 Å². The van der Waals surface area contributed by atoms with Crippen LogP contribution >= 0.6 is 11.6 Å². The second-order valence-electron chi connectivity index (χ2n) is 7.68. The van der Waals surface area contributed by atoms with Crippen molar-refractivity contribution < 1.29 is 18.0 Å². The van der Waals surface area contributed by atoms with E-state index in [1.165, 1.54) is 4.90 Å². The lowest BCUT2D eigenvalue weighted by atomic mass is 9.94. The van der Waals surface area contributed by atoms with Crippen LogP contribution in [0.1, 0.15) is 18.1 Å². The Bertz CT molecular complexity index is 1050. The van der Waals surface area contributed by atoms with E-state index in [-0.39, 0.29) is 19.6 Å². The largest absolute Gasteiger partial charge is 0.350 e. The van der Waals surface area contributed by atoms with E-state index in [4.69, 9.17) is 11.6 Å². The molecular weight excluding hydrogens is 426 g/mol. The van der Waals surface area contributed by atoms with Crippen LogP contribution < -0.4 is 10.2 Å². The van der Waals surface area contributed by atoms with Crippen LogP contribution in [0.3, 0.4) is 0 Å². The van der Waals surface area contributed by atoms with Crippen molar-refractivity contribution in [3.63, 3.8) is 0 Å². The van der Waals surface area contributed by atoms with Crippen LogP contribution in [0.2, 0.25) is 5.02 Å². The molecule has 0 aromatic heterocycles. The first kappa shape index (κ1) is 22.3. The first-order chi connectivity index (χ1) is 14.0. The number of piperazine rings is 1. The molecule has 0 radical (unpaired) electrons. The van der Waals surface area contributed by atoms with Crippen LogP contribution in [0, 0.1) is 6.92 Å². The Kier molecular flexibility index (Phi) is 6.21. The Labute approximate surface area is 181 Å². The predicted molar refractivity (Wildman–Crippen MR) is 117 cm³/mol. The Morgan fingerprint density at radius 1 is 1.13 bits per heavy atom. The van der Waals surface area contributed by atoms with E-state index in [1.54, 1.807) is 31.2 Å².